The molecule has 3 aliphatic rings. The average Bonchev–Trinajstić information content (AvgIpc) is 3.12. The SMILES string of the molecule is C[C@H]1COC2=C(N3CCN(C)CC3)C(C)(F)Cc3c2n1cc(-n1nn[nH]c1=O)c3=O. The molecular weight excluding hydrogens is 393 g/mol. The molecule has 0 saturated carbocycles. The minimum absolute atomic E-state index is 0.0550. The van der Waals surface area contributed by atoms with Crippen molar-refractivity contribution >= 4 is 5.76 Å². The van der Waals surface area contributed by atoms with Gasteiger partial charge in [0.1, 0.15) is 12.3 Å². The number of hydrogen-bond acceptors (Lipinski definition) is 7. The fourth-order valence-electron chi connectivity index (χ4n) is 4.63. The van der Waals surface area contributed by atoms with Gasteiger partial charge in [-0.2, -0.15) is 4.68 Å². The van der Waals surface area contributed by atoms with E-state index in [0.29, 0.717) is 42.4 Å². The van der Waals surface area contributed by atoms with Gasteiger partial charge in [0, 0.05) is 44.4 Å². The second-order valence-electron chi connectivity index (χ2n) is 8.50. The lowest BCUT2D eigenvalue weighted by atomic mass is 9.84. The fourth-order valence-corrected chi connectivity index (χ4v) is 4.63. The third-order valence-corrected chi connectivity index (χ3v) is 6.21. The highest BCUT2D eigenvalue weighted by molar-refractivity contribution is 5.70. The quantitative estimate of drug-likeness (QED) is 0.729. The van der Waals surface area contributed by atoms with Gasteiger partial charge in [-0.15, -0.1) is 0 Å². The minimum atomic E-state index is -1.77. The first kappa shape index (κ1) is 19.0. The summed E-state index contributed by atoms with van der Waals surface area (Å²) in [4.78, 5) is 29.6. The molecule has 30 heavy (non-hydrogen) atoms. The number of aromatic amines is 1. The molecule has 0 bridgehead atoms. The number of pyridine rings is 1. The van der Waals surface area contributed by atoms with Crippen molar-refractivity contribution in [2.45, 2.75) is 32.0 Å². The number of likely N-dealkylation sites (N-methyl/N-ethyl adjacent to an activating group) is 1. The van der Waals surface area contributed by atoms with Gasteiger partial charge in [-0.1, -0.05) is 0 Å². The maximum Gasteiger partial charge on any atom is 0.366 e. The predicted octanol–water partition coefficient (Wildman–Crippen LogP) is -0.0912. The number of alkyl halides is 1. The number of H-pyrrole nitrogens is 1. The number of aromatic nitrogens is 5. The summed E-state index contributed by atoms with van der Waals surface area (Å²) < 4.78 is 25.0. The zero-order valence-electron chi connectivity index (χ0n) is 17.2. The molecule has 0 spiro atoms. The Kier molecular flexibility index (Phi) is 4.14. The number of ether oxygens (including phenoxy) is 1. The topological polar surface area (TPSA) is 101 Å². The lowest BCUT2D eigenvalue weighted by Gasteiger charge is -2.44. The van der Waals surface area contributed by atoms with E-state index in [2.05, 4.69) is 20.4 Å². The highest BCUT2D eigenvalue weighted by Gasteiger charge is 2.46. The zero-order chi connectivity index (χ0) is 21.2. The Balaban J connectivity index is 1.75. The van der Waals surface area contributed by atoms with E-state index in [1.165, 1.54) is 6.92 Å². The highest BCUT2D eigenvalue weighted by Crippen LogP contribution is 2.44. The Bertz CT molecular complexity index is 1150. The molecule has 160 valence electrons. The fraction of sp³-hybridized carbons (Fsp3) is 0.579. The van der Waals surface area contributed by atoms with Gasteiger partial charge in [0.05, 0.1) is 17.4 Å². The van der Waals surface area contributed by atoms with Crippen molar-refractivity contribution in [3.8, 4) is 5.69 Å². The van der Waals surface area contributed by atoms with Crippen molar-refractivity contribution in [1.82, 2.24) is 34.6 Å². The molecule has 0 amide bonds. The van der Waals surface area contributed by atoms with E-state index in [0.717, 1.165) is 17.8 Å². The van der Waals surface area contributed by atoms with Crippen LogP contribution in [0.2, 0.25) is 0 Å². The van der Waals surface area contributed by atoms with Crippen LogP contribution in [-0.2, 0) is 11.2 Å². The van der Waals surface area contributed by atoms with Crippen molar-refractivity contribution in [2.75, 3.05) is 39.8 Å². The number of hydrogen-bond donors (Lipinski definition) is 1. The minimum Gasteiger partial charge on any atom is -0.487 e. The first-order valence-electron chi connectivity index (χ1n) is 10.1. The maximum absolute atomic E-state index is 16.1. The molecule has 11 heteroatoms. The normalized spacial score (nSPS) is 26.5. The third-order valence-electron chi connectivity index (χ3n) is 6.21. The second kappa shape index (κ2) is 6.53. The molecule has 2 aromatic rings. The van der Waals surface area contributed by atoms with E-state index in [4.69, 9.17) is 4.74 Å². The number of tetrazole rings is 1. The number of halogens is 1. The van der Waals surface area contributed by atoms with Crippen molar-refractivity contribution in [2.24, 2.45) is 0 Å². The van der Waals surface area contributed by atoms with Crippen molar-refractivity contribution < 1.29 is 9.13 Å². The molecule has 2 aliphatic heterocycles. The maximum atomic E-state index is 16.1. The number of piperazine rings is 1. The van der Waals surface area contributed by atoms with E-state index < -0.39 is 16.8 Å². The Morgan fingerprint density at radius 1 is 1.27 bits per heavy atom. The summed E-state index contributed by atoms with van der Waals surface area (Å²) in [7, 11) is 2.05. The number of allylic oxidation sites excluding steroid dienone is 1. The van der Waals surface area contributed by atoms with Crippen LogP contribution >= 0.6 is 0 Å². The zero-order valence-corrected chi connectivity index (χ0v) is 17.2. The van der Waals surface area contributed by atoms with E-state index in [9.17, 15) is 9.59 Å². The van der Waals surface area contributed by atoms with Crippen LogP contribution < -0.4 is 11.1 Å². The van der Waals surface area contributed by atoms with Crippen molar-refractivity contribution in [1.29, 1.82) is 0 Å². The third kappa shape index (κ3) is 2.72. The van der Waals surface area contributed by atoms with Gasteiger partial charge in [0.2, 0.25) is 5.43 Å². The first-order valence-corrected chi connectivity index (χ1v) is 10.1. The Morgan fingerprint density at radius 2 is 2.00 bits per heavy atom. The smallest absolute Gasteiger partial charge is 0.366 e. The summed E-state index contributed by atoms with van der Waals surface area (Å²) in [6, 6.07) is -0.0952. The molecule has 0 aromatic carbocycles. The van der Waals surface area contributed by atoms with Gasteiger partial charge in [0.15, 0.2) is 11.4 Å². The second-order valence-corrected chi connectivity index (χ2v) is 8.50. The molecule has 10 nitrogen and oxygen atoms in total. The molecule has 2 atom stereocenters. The predicted molar refractivity (Wildman–Crippen MR) is 106 cm³/mol. The van der Waals surface area contributed by atoms with Crippen LogP contribution in [0.1, 0.15) is 31.1 Å². The Hall–Kier alpha value is -2.95. The molecule has 2 aromatic heterocycles. The number of nitrogens with zero attached hydrogens (tertiary/aromatic N) is 6. The number of nitrogens with one attached hydrogen (secondary N) is 1. The molecule has 4 heterocycles. The van der Waals surface area contributed by atoms with Gasteiger partial charge >= 0.3 is 5.69 Å². The van der Waals surface area contributed by atoms with Crippen LogP contribution in [0.15, 0.2) is 21.5 Å². The lowest BCUT2D eigenvalue weighted by Crippen LogP contribution is -2.51. The largest absolute Gasteiger partial charge is 0.487 e. The number of rotatable bonds is 2. The molecule has 1 fully saturated rings. The van der Waals surface area contributed by atoms with Gasteiger partial charge in [-0.05, 0) is 31.3 Å². The van der Waals surface area contributed by atoms with Crippen LogP contribution in [-0.4, -0.2) is 80.1 Å². The summed E-state index contributed by atoms with van der Waals surface area (Å²) in [6.07, 6.45) is 1.50. The van der Waals surface area contributed by atoms with Crippen LogP contribution in [0.25, 0.3) is 11.4 Å². The first-order chi connectivity index (χ1) is 14.3. The van der Waals surface area contributed by atoms with Gasteiger partial charge in [-0.25, -0.2) is 14.3 Å². The van der Waals surface area contributed by atoms with E-state index in [1.807, 2.05) is 23.4 Å². The highest BCUT2D eigenvalue weighted by atomic mass is 19.1. The Morgan fingerprint density at radius 3 is 2.67 bits per heavy atom. The van der Waals surface area contributed by atoms with Crippen LogP contribution in [0, 0.1) is 0 Å². The average molecular weight is 417 g/mol. The van der Waals surface area contributed by atoms with Crippen LogP contribution in [0.5, 0.6) is 0 Å². The van der Waals surface area contributed by atoms with Gasteiger partial charge in [-0.3, -0.25) is 4.79 Å². The lowest BCUT2D eigenvalue weighted by molar-refractivity contribution is 0.105. The summed E-state index contributed by atoms with van der Waals surface area (Å²) >= 11 is 0. The standard InChI is InChI=1S/C19H24FN7O3/c1-11-10-30-16-14-12(8-19(2,20)17(16)25-6-4-24(3)5-7-25)15(28)13(9-26(11)14)27-18(29)21-22-23-27/h9,11H,4-8,10H2,1-3H3,(H,21,23,29)/t11-,19?/m0/s1. The summed E-state index contributed by atoms with van der Waals surface area (Å²) in [5, 5.41) is 9.37. The molecule has 1 N–H and O–H groups in total. The van der Waals surface area contributed by atoms with E-state index >= 15 is 4.39 Å². The van der Waals surface area contributed by atoms with Gasteiger partial charge < -0.3 is 19.1 Å². The molecule has 1 aliphatic carbocycles. The molecule has 5 rings (SSSR count). The Labute approximate surface area is 171 Å². The van der Waals surface area contributed by atoms with Crippen molar-refractivity contribution in [3.05, 3.63) is 43.9 Å². The summed E-state index contributed by atoms with van der Waals surface area (Å²) in [5.41, 5.74) is -1.37. The van der Waals surface area contributed by atoms with Crippen LogP contribution in [0.4, 0.5) is 4.39 Å². The van der Waals surface area contributed by atoms with E-state index in [-0.39, 0.29) is 18.2 Å². The molecular formula is C19H24FN7O3. The van der Waals surface area contributed by atoms with E-state index in [1.54, 1.807) is 6.20 Å². The summed E-state index contributed by atoms with van der Waals surface area (Å²) in [6.45, 7) is 6.84. The molecule has 1 saturated heterocycles. The van der Waals surface area contributed by atoms with Gasteiger partial charge in [0.25, 0.3) is 0 Å². The summed E-state index contributed by atoms with van der Waals surface area (Å²) in [5.74, 6) is 0.431. The van der Waals surface area contributed by atoms with Crippen LogP contribution in [0.3, 0.4) is 0 Å². The monoisotopic (exact) mass is 417 g/mol. The molecule has 1 unspecified atom stereocenters. The molecule has 0 radical (unpaired) electrons. The van der Waals surface area contributed by atoms with Crippen molar-refractivity contribution in [3.63, 3.8) is 0 Å².